The number of nitrogens with zero attached hydrogens (tertiary/aromatic N) is 1. The van der Waals surface area contributed by atoms with Gasteiger partial charge in [0, 0.05) is 16.2 Å². The number of nitrogens with one attached hydrogen (secondary N) is 3. The number of hydrogen-bond donors (Lipinski definition) is 3. The summed E-state index contributed by atoms with van der Waals surface area (Å²) in [6.45, 7) is 0. The molecule has 2 amide bonds. The molecule has 3 aromatic carbocycles. The van der Waals surface area contributed by atoms with Crippen LogP contribution in [0.5, 0.6) is 11.6 Å². The lowest BCUT2D eigenvalue weighted by atomic mass is 10.1. The number of anilines is 2. The van der Waals surface area contributed by atoms with Crippen LogP contribution in [0.4, 0.5) is 11.4 Å². The molecule has 0 saturated heterocycles. The standard InChI is InChI=1S/C25H18Cl2N4O3/c26-16-13-17(27)15-18(14-16)30-31-24(33)20-9-4-5-11-22(20)29-23(32)21-10-6-12-28-25(21)34-19-7-2-1-3-8-19/h1-15,30H,(H,29,32)(H,31,33). The fraction of sp³-hybridized carbons (Fsp3) is 0. The largest absolute Gasteiger partial charge is 0.438 e. The SMILES string of the molecule is O=C(NNc1cc(Cl)cc(Cl)c1)c1ccccc1NC(=O)c1cccnc1Oc1ccccc1. The Labute approximate surface area is 205 Å². The molecule has 4 aromatic rings. The molecule has 170 valence electrons. The predicted octanol–water partition coefficient (Wildman–Crippen LogP) is 6.19. The molecule has 0 atom stereocenters. The lowest BCUT2D eigenvalue weighted by molar-refractivity contribution is 0.0963. The third-order valence-corrected chi connectivity index (χ3v) is 5.01. The third kappa shape index (κ3) is 5.83. The summed E-state index contributed by atoms with van der Waals surface area (Å²) in [5.74, 6) is -0.261. The van der Waals surface area contributed by atoms with Crippen LogP contribution in [0, 0.1) is 0 Å². The number of rotatable bonds is 7. The van der Waals surface area contributed by atoms with Gasteiger partial charge in [0.15, 0.2) is 0 Å². The number of carbonyl (C=O) groups excluding carboxylic acids is 2. The molecule has 0 radical (unpaired) electrons. The van der Waals surface area contributed by atoms with Gasteiger partial charge >= 0.3 is 0 Å². The minimum atomic E-state index is -0.478. The van der Waals surface area contributed by atoms with Crippen LogP contribution in [0.25, 0.3) is 0 Å². The molecule has 1 aromatic heterocycles. The van der Waals surface area contributed by atoms with E-state index in [1.807, 2.05) is 18.2 Å². The van der Waals surface area contributed by atoms with Crippen LogP contribution in [0.3, 0.4) is 0 Å². The van der Waals surface area contributed by atoms with Gasteiger partial charge in [-0.1, -0.05) is 53.5 Å². The zero-order valence-corrected chi connectivity index (χ0v) is 19.1. The maximum atomic E-state index is 13.0. The number of hydrazine groups is 1. The van der Waals surface area contributed by atoms with Crippen molar-refractivity contribution in [3.05, 3.63) is 112 Å². The minimum absolute atomic E-state index is 0.146. The summed E-state index contributed by atoms with van der Waals surface area (Å²) < 4.78 is 5.77. The van der Waals surface area contributed by atoms with Crippen molar-refractivity contribution >= 4 is 46.4 Å². The van der Waals surface area contributed by atoms with Crippen molar-refractivity contribution in [2.24, 2.45) is 0 Å². The second kappa shape index (κ2) is 10.7. The smallest absolute Gasteiger partial charge is 0.271 e. The Bertz CT molecular complexity index is 1310. The van der Waals surface area contributed by atoms with E-state index in [1.54, 1.807) is 66.7 Å². The quantitative estimate of drug-likeness (QED) is 0.267. The fourth-order valence-electron chi connectivity index (χ4n) is 3.05. The van der Waals surface area contributed by atoms with Gasteiger partial charge in [0.05, 0.1) is 16.9 Å². The molecule has 3 N–H and O–H groups in total. The first-order valence-electron chi connectivity index (χ1n) is 10.1. The van der Waals surface area contributed by atoms with E-state index in [4.69, 9.17) is 27.9 Å². The van der Waals surface area contributed by atoms with Gasteiger partial charge in [0.1, 0.15) is 11.3 Å². The number of amides is 2. The van der Waals surface area contributed by atoms with Crippen molar-refractivity contribution in [1.82, 2.24) is 10.4 Å². The first kappa shape index (κ1) is 23.1. The minimum Gasteiger partial charge on any atom is -0.438 e. The molecule has 4 rings (SSSR count). The highest BCUT2D eigenvalue weighted by atomic mass is 35.5. The Morgan fingerprint density at radius 2 is 1.44 bits per heavy atom. The number of hydrogen-bond acceptors (Lipinski definition) is 5. The number of ether oxygens (including phenoxy) is 1. The molecule has 0 aliphatic rings. The summed E-state index contributed by atoms with van der Waals surface area (Å²) in [7, 11) is 0. The lowest BCUT2D eigenvalue weighted by Crippen LogP contribution is -2.30. The topological polar surface area (TPSA) is 92.4 Å². The Hall–Kier alpha value is -4.07. The van der Waals surface area contributed by atoms with E-state index in [0.29, 0.717) is 27.2 Å². The van der Waals surface area contributed by atoms with Gasteiger partial charge in [-0.25, -0.2) is 4.98 Å². The zero-order chi connectivity index (χ0) is 23.9. The van der Waals surface area contributed by atoms with E-state index >= 15 is 0 Å². The van der Waals surface area contributed by atoms with Crippen molar-refractivity contribution in [3.63, 3.8) is 0 Å². The molecule has 0 aliphatic carbocycles. The molecule has 0 unspecified atom stereocenters. The highest BCUT2D eigenvalue weighted by Crippen LogP contribution is 2.25. The first-order valence-corrected chi connectivity index (χ1v) is 10.9. The summed E-state index contributed by atoms with van der Waals surface area (Å²) in [6.07, 6.45) is 1.53. The van der Waals surface area contributed by atoms with E-state index in [-0.39, 0.29) is 17.0 Å². The van der Waals surface area contributed by atoms with Gasteiger partial charge in [-0.2, -0.15) is 0 Å². The summed E-state index contributed by atoms with van der Waals surface area (Å²) >= 11 is 12.0. The number of pyridine rings is 1. The summed E-state index contributed by atoms with van der Waals surface area (Å²) in [4.78, 5) is 30.0. The number of carbonyl (C=O) groups is 2. The van der Waals surface area contributed by atoms with Crippen molar-refractivity contribution in [2.75, 3.05) is 10.7 Å². The predicted molar refractivity (Wildman–Crippen MR) is 133 cm³/mol. The van der Waals surface area contributed by atoms with Gasteiger partial charge in [-0.05, 0) is 54.6 Å². The highest BCUT2D eigenvalue weighted by Gasteiger charge is 2.18. The van der Waals surface area contributed by atoms with Gasteiger partial charge in [-0.3, -0.25) is 20.4 Å². The molecule has 0 aliphatic heterocycles. The molecule has 9 heteroatoms. The van der Waals surface area contributed by atoms with Crippen LogP contribution >= 0.6 is 23.2 Å². The summed E-state index contributed by atoms with van der Waals surface area (Å²) in [6, 6.07) is 23.6. The Morgan fingerprint density at radius 1 is 0.765 bits per heavy atom. The second-order valence-corrected chi connectivity index (χ2v) is 7.88. The van der Waals surface area contributed by atoms with Gasteiger partial charge < -0.3 is 10.1 Å². The number of halogens is 2. The van der Waals surface area contributed by atoms with Crippen LogP contribution < -0.4 is 20.9 Å². The average molecular weight is 493 g/mol. The lowest BCUT2D eigenvalue weighted by Gasteiger charge is -2.14. The van der Waals surface area contributed by atoms with Crippen LogP contribution in [0.2, 0.25) is 10.0 Å². The third-order valence-electron chi connectivity index (χ3n) is 4.58. The normalized spacial score (nSPS) is 10.3. The molecule has 0 fully saturated rings. The Kier molecular flexibility index (Phi) is 7.27. The number of para-hydroxylation sites is 2. The fourth-order valence-corrected chi connectivity index (χ4v) is 3.57. The summed E-state index contributed by atoms with van der Waals surface area (Å²) in [5, 5.41) is 3.60. The maximum absolute atomic E-state index is 13.0. The van der Waals surface area contributed by atoms with Crippen molar-refractivity contribution in [3.8, 4) is 11.6 Å². The van der Waals surface area contributed by atoms with Crippen molar-refractivity contribution in [1.29, 1.82) is 0 Å². The van der Waals surface area contributed by atoms with Crippen LogP contribution in [0.15, 0.2) is 91.1 Å². The van der Waals surface area contributed by atoms with Gasteiger partial charge in [-0.15, -0.1) is 0 Å². The molecule has 7 nitrogen and oxygen atoms in total. The highest BCUT2D eigenvalue weighted by molar-refractivity contribution is 6.35. The van der Waals surface area contributed by atoms with Crippen molar-refractivity contribution < 1.29 is 14.3 Å². The van der Waals surface area contributed by atoms with E-state index < -0.39 is 11.8 Å². The molecule has 0 bridgehead atoms. The molecule has 0 saturated carbocycles. The van der Waals surface area contributed by atoms with Crippen LogP contribution in [-0.2, 0) is 0 Å². The molecular formula is C25H18Cl2N4O3. The Morgan fingerprint density at radius 3 is 2.21 bits per heavy atom. The zero-order valence-electron chi connectivity index (χ0n) is 17.6. The van der Waals surface area contributed by atoms with Gasteiger partial charge in [0.25, 0.3) is 11.8 Å². The van der Waals surface area contributed by atoms with E-state index in [1.165, 1.54) is 6.20 Å². The van der Waals surface area contributed by atoms with E-state index in [2.05, 4.69) is 21.2 Å². The van der Waals surface area contributed by atoms with Crippen molar-refractivity contribution in [2.45, 2.75) is 0 Å². The van der Waals surface area contributed by atoms with Gasteiger partial charge in [0.2, 0.25) is 5.88 Å². The second-order valence-electron chi connectivity index (χ2n) is 7.01. The summed E-state index contributed by atoms with van der Waals surface area (Å²) in [5.41, 5.74) is 6.61. The van der Waals surface area contributed by atoms with Crippen LogP contribution in [0.1, 0.15) is 20.7 Å². The molecule has 0 spiro atoms. The number of aromatic nitrogens is 1. The number of benzene rings is 3. The molecule has 1 heterocycles. The molecular weight excluding hydrogens is 475 g/mol. The Balaban J connectivity index is 1.50. The monoisotopic (exact) mass is 492 g/mol. The van der Waals surface area contributed by atoms with Crippen LogP contribution in [-0.4, -0.2) is 16.8 Å². The van der Waals surface area contributed by atoms with E-state index in [0.717, 1.165) is 0 Å². The maximum Gasteiger partial charge on any atom is 0.271 e. The first-order chi connectivity index (χ1) is 16.5. The molecule has 34 heavy (non-hydrogen) atoms. The van der Waals surface area contributed by atoms with E-state index in [9.17, 15) is 9.59 Å². The average Bonchev–Trinajstić information content (AvgIpc) is 2.83.